The summed E-state index contributed by atoms with van der Waals surface area (Å²) in [6.45, 7) is 14.0. The van der Waals surface area contributed by atoms with Crippen molar-refractivity contribution in [2.45, 2.75) is 73.0 Å². The largest absolute Gasteiger partial charge is 0.509 e. The third-order valence-corrected chi connectivity index (χ3v) is 2.41. The maximum Gasteiger partial charge on any atom is 0.509 e. The predicted octanol–water partition coefficient (Wildman–Crippen LogP) is 4.15. The number of carbonyl (C=O) groups is 1. The number of rotatable bonds is 4. The van der Waals surface area contributed by atoms with E-state index in [2.05, 4.69) is 20.8 Å². The van der Waals surface area contributed by atoms with Crippen LogP contribution in [0, 0.1) is 5.41 Å². The topological polar surface area (TPSA) is 35.5 Å². The Kier molecular flexibility index (Phi) is 5.30. The van der Waals surface area contributed by atoms with Crippen LogP contribution < -0.4 is 0 Å². The minimum atomic E-state index is -0.566. The molecule has 0 saturated carbocycles. The van der Waals surface area contributed by atoms with Crippen molar-refractivity contribution in [3.8, 4) is 0 Å². The van der Waals surface area contributed by atoms with Gasteiger partial charge in [0.1, 0.15) is 11.7 Å². The van der Waals surface area contributed by atoms with Crippen LogP contribution in [0.3, 0.4) is 0 Å². The fraction of sp³-hybridized carbons (Fsp3) is 0.923. The number of hydrogen-bond donors (Lipinski definition) is 0. The van der Waals surface area contributed by atoms with Crippen LogP contribution in [0.15, 0.2) is 0 Å². The molecule has 3 heteroatoms. The molecule has 0 rings (SSSR count). The molecule has 0 saturated heterocycles. The molecule has 0 N–H and O–H groups in total. The normalized spacial score (nSPS) is 14.4. The Bertz CT molecular complexity index is 226. The predicted molar refractivity (Wildman–Crippen MR) is 65.5 cm³/mol. The molecule has 16 heavy (non-hydrogen) atoms. The average Bonchev–Trinajstić information content (AvgIpc) is 1.98. The van der Waals surface area contributed by atoms with E-state index in [0.29, 0.717) is 0 Å². The van der Waals surface area contributed by atoms with Gasteiger partial charge in [-0.05, 0) is 39.0 Å². The maximum atomic E-state index is 11.5. The summed E-state index contributed by atoms with van der Waals surface area (Å²) in [5.41, 5.74) is -0.293. The van der Waals surface area contributed by atoms with Crippen LogP contribution in [-0.2, 0) is 9.47 Å². The first-order chi connectivity index (χ1) is 7.06. The molecule has 0 aromatic rings. The minimum absolute atomic E-state index is 0.111. The second-order valence-corrected chi connectivity index (χ2v) is 6.16. The van der Waals surface area contributed by atoms with Gasteiger partial charge in [-0.25, -0.2) is 4.79 Å². The van der Waals surface area contributed by atoms with Gasteiger partial charge < -0.3 is 9.47 Å². The quantitative estimate of drug-likeness (QED) is 0.680. The van der Waals surface area contributed by atoms with E-state index in [1.807, 2.05) is 27.7 Å². The van der Waals surface area contributed by atoms with Crippen LogP contribution in [-0.4, -0.2) is 17.9 Å². The van der Waals surface area contributed by atoms with Gasteiger partial charge in [0, 0.05) is 0 Å². The molecule has 0 heterocycles. The van der Waals surface area contributed by atoms with Gasteiger partial charge in [-0.2, -0.15) is 0 Å². The summed E-state index contributed by atoms with van der Waals surface area (Å²) < 4.78 is 10.4. The van der Waals surface area contributed by atoms with E-state index >= 15 is 0 Å². The second-order valence-electron chi connectivity index (χ2n) is 6.16. The zero-order chi connectivity index (χ0) is 13.0. The molecule has 0 amide bonds. The summed E-state index contributed by atoms with van der Waals surface area (Å²) in [5.74, 6) is 0. The summed E-state index contributed by atoms with van der Waals surface area (Å²) in [6, 6.07) is 0. The molecule has 0 aliphatic rings. The molecule has 96 valence electrons. The molecule has 0 aromatic heterocycles. The first-order valence-electron chi connectivity index (χ1n) is 5.95. The van der Waals surface area contributed by atoms with Crippen LogP contribution in [0.1, 0.15) is 61.3 Å². The SMILES string of the molecule is CCC(C)(C)OC(=O)OC(C)CC(C)(C)C. The van der Waals surface area contributed by atoms with E-state index in [4.69, 9.17) is 9.47 Å². The Morgan fingerprint density at radius 1 is 1.19 bits per heavy atom. The van der Waals surface area contributed by atoms with Gasteiger partial charge in [0.2, 0.25) is 0 Å². The summed E-state index contributed by atoms with van der Waals surface area (Å²) in [4.78, 5) is 11.5. The first-order valence-corrected chi connectivity index (χ1v) is 5.95. The lowest BCUT2D eigenvalue weighted by Crippen LogP contribution is -2.30. The van der Waals surface area contributed by atoms with Crippen LogP contribution in [0.2, 0.25) is 0 Å². The minimum Gasteiger partial charge on any atom is -0.431 e. The monoisotopic (exact) mass is 230 g/mol. The molecule has 0 radical (unpaired) electrons. The number of carbonyl (C=O) groups excluding carboxylic acids is 1. The van der Waals surface area contributed by atoms with Gasteiger partial charge >= 0.3 is 6.16 Å². The van der Waals surface area contributed by atoms with Gasteiger partial charge in [0.05, 0.1) is 0 Å². The summed E-state index contributed by atoms with van der Waals surface area (Å²) in [7, 11) is 0. The molecule has 0 bridgehead atoms. The van der Waals surface area contributed by atoms with Crippen molar-refractivity contribution in [1.29, 1.82) is 0 Å². The summed E-state index contributed by atoms with van der Waals surface area (Å²) in [6.07, 6.45) is 0.925. The zero-order valence-electron chi connectivity index (χ0n) is 11.7. The van der Waals surface area contributed by atoms with Crippen molar-refractivity contribution in [2.24, 2.45) is 5.41 Å². The Morgan fingerprint density at radius 3 is 2.06 bits per heavy atom. The van der Waals surface area contributed by atoms with Crippen molar-refractivity contribution in [3.05, 3.63) is 0 Å². The highest BCUT2D eigenvalue weighted by atomic mass is 16.7. The van der Waals surface area contributed by atoms with Crippen LogP contribution in [0.4, 0.5) is 4.79 Å². The van der Waals surface area contributed by atoms with E-state index in [0.717, 1.165) is 12.8 Å². The smallest absolute Gasteiger partial charge is 0.431 e. The molecule has 0 aliphatic heterocycles. The van der Waals surface area contributed by atoms with Crippen LogP contribution in [0.5, 0.6) is 0 Å². The Morgan fingerprint density at radius 2 is 1.69 bits per heavy atom. The Balaban J connectivity index is 4.06. The molecule has 1 atom stereocenters. The molecular formula is C13H26O3. The first kappa shape index (κ1) is 15.3. The lowest BCUT2D eigenvalue weighted by molar-refractivity contribution is -0.0382. The molecule has 0 aliphatic carbocycles. The summed E-state index contributed by atoms with van der Waals surface area (Å²) in [5, 5.41) is 0. The highest BCUT2D eigenvalue weighted by Gasteiger charge is 2.24. The molecule has 1 unspecified atom stereocenters. The summed E-state index contributed by atoms with van der Waals surface area (Å²) >= 11 is 0. The van der Waals surface area contributed by atoms with Crippen LogP contribution in [0.25, 0.3) is 0 Å². The molecule has 0 fully saturated rings. The second kappa shape index (κ2) is 5.55. The van der Waals surface area contributed by atoms with Gasteiger partial charge in [0.25, 0.3) is 0 Å². The standard InChI is InChI=1S/C13H26O3/c1-8-13(6,7)16-11(14)15-10(2)9-12(3,4)5/h10H,8-9H2,1-7H3. The van der Waals surface area contributed by atoms with Gasteiger partial charge in [-0.3, -0.25) is 0 Å². The lowest BCUT2D eigenvalue weighted by Gasteiger charge is -2.26. The highest BCUT2D eigenvalue weighted by molar-refractivity contribution is 5.60. The van der Waals surface area contributed by atoms with Crippen molar-refractivity contribution in [1.82, 2.24) is 0 Å². The van der Waals surface area contributed by atoms with Crippen molar-refractivity contribution in [2.75, 3.05) is 0 Å². The van der Waals surface area contributed by atoms with E-state index < -0.39 is 11.8 Å². The van der Waals surface area contributed by atoms with E-state index in [9.17, 15) is 4.79 Å². The maximum absolute atomic E-state index is 11.5. The van der Waals surface area contributed by atoms with Gasteiger partial charge in [-0.15, -0.1) is 0 Å². The van der Waals surface area contributed by atoms with E-state index in [-0.39, 0.29) is 11.5 Å². The van der Waals surface area contributed by atoms with Crippen molar-refractivity contribution >= 4 is 6.16 Å². The van der Waals surface area contributed by atoms with Crippen molar-refractivity contribution in [3.63, 3.8) is 0 Å². The zero-order valence-corrected chi connectivity index (χ0v) is 11.7. The van der Waals surface area contributed by atoms with E-state index in [1.54, 1.807) is 0 Å². The number of ether oxygens (including phenoxy) is 2. The third kappa shape index (κ3) is 7.55. The fourth-order valence-electron chi connectivity index (χ4n) is 1.39. The molecule has 0 spiro atoms. The van der Waals surface area contributed by atoms with Crippen LogP contribution >= 0.6 is 0 Å². The Labute approximate surface area is 99.5 Å². The third-order valence-electron chi connectivity index (χ3n) is 2.41. The fourth-order valence-corrected chi connectivity index (χ4v) is 1.39. The Hall–Kier alpha value is -0.730. The van der Waals surface area contributed by atoms with Gasteiger partial charge in [0.15, 0.2) is 0 Å². The highest BCUT2D eigenvalue weighted by Crippen LogP contribution is 2.23. The average molecular weight is 230 g/mol. The van der Waals surface area contributed by atoms with Crippen molar-refractivity contribution < 1.29 is 14.3 Å². The van der Waals surface area contributed by atoms with Gasteiger partial charge in [-0.1, -0.05) is 27.7 Å². The lowest BCUT2D eigenvalue weighted by atomic mass is 9.90. The molecular weight excluding hydrogens is 204 g/mol. The number of hydrogen-bond acceptors (Lipinski definition) is 3. The molecule has 0 aromatic carbocycles. The molecule has 3 nitrogen and oxygen atoms in total. The van der Waals surface area contributed by atoms with E-state index in [1.165, 1.54) is 0 Å².